The summed E-state index contributed by atoms with van der Waals surface area (Å²) in [5, 5.41) is 3.50. The van der Waals surface area contributed by atoms with E-state index < -0.39 is 0 Å². The van der Waals surface area contributed by atoms with Crippen LogP contribution in [0.25, 0.3) is 0 Å². The molecule has 0 saturated carbocycles. The molecular weight excluding hydrogens is 404 g/mol. The van der Waals surface area contributed by atoms with Crippen LogP contribution in [-0.4, -0.2) is 66.1 Å². The Morgan fingerprint density at radius 1 is 1.06 bits per heavy atom. The summed E-state index contributed by atoms with van der Waals surface area (Å²) in [4.78, 5) is 30.3. The van der Waals surface area contributed by atoms with Crippen LogP contribution in [0.15, 0.2) is 47.3 Å². The van der Waals surface area contributed by atoms with Crippen molar-refractivity contribution in [2.24, 2.45) is 5.92 Å². The number of nitrogens with zero attached hydrogens (tertiary/aromatic N) is 3. The zero-order valence-electron chi connectivity index (χ0n) is 18.7. The van der Waals surface area contributed by atoms with E-state index in [1.165, 1.54) is 0 Å². The van der Waals surface area contributed by atoms with Crippen LogP contribution < -0.4 is 15.6 Å². The topological polar surface area (TPSA) is 66.8 Å². The Morgan fingerprint density at radius 3 is 2.62 bits per heavy atom. The standard InChI is InChI=1S/C25H32N4O3/c1-27-11-9-20(10-12-27)26-22-7-8-23-19-13-18(15-29(23)25(22)31)14-28(16-19)24(30)17-32-21-5-3-2-4-6-21/h2-8,18-20,26H,9-17H2,1H3/t18-,19+/m0/s1. The molecule has 0 aliphatic carbocycles. The molecule has 5 rings (SSSR count). The molecule has 4 heterocycles. The van der Waals surface area contributed by atoms with Gasteiger partial charge in [0.1, 0.15) is 11.4 Å². The van der Waals surface area contributed by atoms with Crippen molar-refractivity contribution in [3.63, 3.8) is 0 Å². The summed E-state index contributed by atoms with van der Waals surface area (Å²) in [6.45, 7) is 4.19. The molecule has 170 valence electrons. The molecule has 2 atom stereocenters. The van der Waals surface area contributed by atoms with Crippen LogP contribution >= 0.6 is 0 Å². The Morgan fingerprint density at radius 2 is 1.84 bits per heavy atom. The highest BCUT2D eigenvalue weighted by molar-refractivity contribution is 5.78. The van der Waals surface area contributed by atoms with Gasteiger partial charge < -0.3 is 24.4 Å². The predicted octanol–water partition coefficient (Wildman–Crippen LogP) is 2.38. The first-order chi connectivity index (χ1) is 15.6. The number of fused-ring (bicyclic) bond motifs is 4. The van der Waals surface area contributed by atoms with Crippen LogP contribution in [0.1, 0.15) is 30.9 Å². The maximum atomic E-state index is 13.2. The summed E-state index contributed by atoms with van der Waals surface area (Å²) in [5.74, 6) is 1.23. The molecule has 1 N–H and O–H groups in total. The van der Waals surface area contributed by atoms with Crippen molar-refractivity contribution in [2.75, 3.05) is 45.2 Å². The van der Waals surface area contributed by atoms with E-state index >= 15 is 0 Å². The number of rotatable bonds is 5. The van der Waals surface area contributed by atoms with Crippen molar-refractivity contribution in [1.29, 1.82) is 0 Å². The van der Waals surface area contributed by atoms with Gasteiger partial charge in [-0.1, -0.05) is 18.2 Å². The summed E-state index contributed by atoms with van der Waals surface area (Å²) in [6.07, 6.45) is 3.15. The Kier molecular flexibility index (Phi) is 5.91. The minimum atomic E-state index is 0.0138. The molecular formula is C25H32N4O3. The number of anilines is 1. The molecule has 1 amide bonds. The number of ether oxygens (including phenoxy) is 1. The van der Waals surface area contributed by atoms with Crippen molar-refractivity contribution in [3.05, 3.63) is 58.5 Å². The van der Waals surface area contributed by atoms with E-state index in [1.807, 2.05) is 45.9 Å². The molecule has 2 bridgehead atoms. The van der Waals surface area contributed by atoms with Gasteiger partial charge in [-0.25, -0.2) is 0 Å². The number of para-hydroxylation sites is 1. The number of amides is 1. The lowest BCUT2D eigenvalue weighted by atomic mass is 9.83. The van der Waals surface area contributed by atoms with Gasteiger partial charge in [-0.05, 0) is 69.6 Å². The van der Waals surface area contributed by atoms with Crippen molar-refractivity contribution in [2.45, 2.75) is 37.8 Å². The fourth-order valence-electron chi connectivity index (χ4n) is 5.39. The Balaban J connectivity index is 1.26. The third kappa shape index (κ3) is 4.39. The number of hydrogen-bond donors (Lipinski definition) is 1. The van der Waals surface area contributed by atoms with Crippen LogP contribution in [0.2, 0.25) is 0 Å². The van der Waals surface area contributed by atoms with E-state index in [-0.39, 0.29) is 24.0 Å². The molecule has 1 aromatic heterocycles. The monoisotopic (exact) mass is 436 g/mol. The van der Waals surface area contributed by atoms with Crippen molar-refractivity contribution in [1.82, 2.24) is 14.4 Å². The summed E-state index contributed by atoms with van der Waals surface area (Å²) in [6, 6.07) is 13.8. The Labute approximate surface area is 189 Å². The highest BCUT2D eigenvalue weighted by Crippen LogP contribution is 2.35. The molecule has 0 unspecified atom stereocenters. The maximum absolute atomic E-state index is 13.2. The van der Waals surface area contributed by atoms with E-state index in [0.717, 1.165) is 38.0 Å². The molecule has 3 aliphatic heterocycles. The highest BCUT2D eigenvalue weighted by atomic mass is 16.5. The fourth-order valence-corrected chi connectivity index (χ4v) is 5.39. The largest absolute Gasteiger partial charge is 0.484 e. The third-order valence-corrected chi connectivity index (χ3v) is 7.14. The zero-order chi connectivity index (χ0) is 22.1. The second-order valence-electron chi connectivity index (χ2n) is 9.51. The second-order valence-corrected chi connectivity index (χ2v) is 9.51. The van der Waals surface area contributed by atoms with Crippen LogP contribution in [0, 0.1) is 5.92 Å². The van der Waals surface area contributed by atoms with Gasteiger partial charge in [0.2, 0.25) is 0 Å². The molecule has 7 heteroatoms. The first-order valence-electron chi connectivity index (χ1n) is 11.7. The Bertz CT molecular complexity index is 1010. The number of pyridine rings is 1. The van der Waals surface area contributed by atoms with Gasteiger partial charge in [0.15, 0.2) is 6.61 Å². The van der Waals surface area contributed by atoms with Crippen molar-refractivity contribution in [3.8, 4) is 5.75 Å². The smallest absolute Gasteiger partial charge is 0.274 e. The first kappa shape index (κ1) is 21.1. The zero-order valence-corrected chi connectivity index (χ0v) is 18.7. The van der Waals surface area contributed by atoms with E-state index in [4.69, 9.17) is 4.74 Å². The van der Waals surface area contributed by atoms with E-state index in [0.29, 0.717) is 43.0 Å². The SMILES string of the molecule is CN1CCC(Nc2ccc3n(c2=O)C[C@H]2C[C@@H]3CN(C(=O)COc3ccccc3)C2)CC1. The molecule has 2 aromatic rings. The number of carbonyl (C=O) groups excluding carboxylic acids is 1. The number of carbonyl (C=O) groups is 1. The molecule has 0 radical (unpaired) electrons. The predicted molar refractivity (Wildman–Crippen MR) is 124 cm³/mol. The summed E-state index contributed by atoms with van der Waals surface area (Å²) < 4.78 is 7.63. The molecule has 7 nitrogen and oxygen atoms in total. The van der Waals surface area contributed by atoms with E-state index in [9.17, 15) is 9.59 Å². The Hall–Kier alpha value is -2.80. The van der Waals surface area contributed by atoms with E-state index in [1.54, 1.807) is 0 Å². The number of benzene rings is 1. The van der Waals surface area contributed by atoms with Crippen LogP contribution in [0.3, 0.4) is 0 Å². The van der Waals surface area contributed by atoms with Crippen molar-refractivity contribution < 1.29 is 9.53 Å². The quantitative estimate of drug-likeness (QED) is 0.780. The lowest BCUT2D eigenvalue weighted by molar-refractivity contribution is -0.136. The molecule has 2 saturated heterocycles. The maximum Gasteiger partial charge on any atom is 0.274 e. The number of aromatic nitrogens is 1. The van der Waals surface area contributed by atoms with Gasteiger partial charge in [0, 0.05) is 37.3 Å². The highest BCUT2D eigenvalue weighted by Gasteiger charge is 2.36. The van der Waals surface area contributed by atoms with Gasteiger partial charge in [-0.15, -0.1) is 0 Å². The summed E-state index contributed by atoms with van der Waals surface area (Å²) >= 11 is 0. The molecule has 1 aromatic carbocycles. The van der Waals surface area contributed by atoms with Crippen LogP contribution in [-0.2, 0) is 11.3 Å². The number of hydrogen-bond acceptors (Lipinski definition) is 5. The lowest BCUT2D eigenvalue weighted by Gasteiger charge is -2.43. The number of likely N-dealkylation sites (tertiary alicyclic amines) is 2. The third-order valence-electron chi connectivity index (χ3n) is 7.14. The van der Waals surface area contributed by atoms with Crippen LogP contribution in [0.5, 0.6) is 5.75 Å². The number of piperidine rings is 2. The van der Waals surface area contributed by atoms with Gasteiger partial charge in [0.25, 0.3) is 11.5 Å². The molecule has 32 heavy (non-hydrogen) atoms. The first-order valence-corrected chi connectivity index (χ1v) is 11.7. The van der Waals surface area contributed by atoms with Gasteiger partial charge in [0.05, 0.1) is 0 Å². The lowest BCUT2D eigenvalue weighted by Crippen LogP contribution is -2.50. The molecule has 0 spiro atoms. The molecule has 3 aliphatic rings. The average molecular weight is 437 g/mol. The normalized spacial score (nSPS) is 23.5. The van der Waals surface area contributed by atoms with Crippen LogP contribution in [0.4, 0.5) is 5.69 Å². The number of nitrogens with one attached hydrogen (secondary N) is 1. The minimum Gasteiger partial charge on any atom is -0.484 e. The second kappa shape index (κ2) is 8.98. The summed E-state index contributed by atoms with van der Waals surface area (Å²) in [7, 11) is 2.14. The van der Waals surface area contributed by atoms with Gasteiger partial charge in [-0.3, -0.25) is 9.59 Å². The summed E-state index contributed by atoms with van der Waals surface area (Å²) in [5.41, 5.74) is 1.86. The minimum absolute atomic E-state index is 0.0138. The van der Waals surface area contributed by atoms with Gasteiger partial charge >= 0.3 is 0 Å². The molecule has 2 fully saturated rings. The average Bonchev–Trinajstić information content (AvgIpc) is 2.81. The van der Waals surface area contributed by atoms with Gasteiger partial charge in [-0.2, -0.15) is 0 Å². The fraction of sp³-hybridized carbons (Fsp3) is 0.520. The van der Waals surface area contributed by atoms with Crippen molar-refractivity contribution >= 4 is 11.6 Å². The van der Waals surface area contributed by atoms with E-state index in [2.05, 4.69) is 23.3 Å².